The minimum atomic E-state index is -0.792. The Labute approximate surface area is 470 Å². The van der Waals surface area contributed by atoms with Crippen molar-refractivity contribution >= 4 is 17.9 Å². The molecule has 76 heavy (non-hydrogen) atoms. The molecule has 0 radical (unpaired) electrons. The molecule has 0 spiro atoms. The summed E-state index contributed by atoms with van der Waals surface area (Å²) in [6.45, 7) is 6.41. The number of esters is 3. The average Bonchev–Trinajstić information content (AvgIpc) is 3.42. The van der Waals surface area contributed by atoms with Crippen LogP contribution in [0, 0.1) is 0 Å². The van der Waals surface area contributed by atoms with Gasteiger partial charge in [-0.2, -0.15) is 0 Å². The molecule has 0 aliphatic rings. The van der Waals surface area contributed by atoms with Gasteiger partial charge in [0.15, 0.2) is 6.10 Å². The van der Waals surface area contributed by atoms with Gasteiger partial charge in [0.2, 0.25) is 0 Å². The van der Waals surface area contributed by atoms with Crippen LogP contribution in [0.15, 0.2) is 109 Å². The minimum Gasteiger partial charge on any atom is -0.462 e. The number of rotatable bonds is 57. The first-order valence-corrected chi connectivity index (χ1v) is 31.9. The molecule has 0 aromatic rings. The summed E-state index contributed by atoms with van der Waals surface area (Å²) in [5.74, 6) is -0.901. The second kappa shape index (κ2) is 63.6. The molecule has 0 saturated carbocycles. The molecule has 0 rings (SSSR count). The maximum atomic E-state index is 12.9. The van der Waals surface area contributed by atoms with E-state index in [2.05, 4.69) is 130 Å². The van der Waals surface area contributed by atoms with Crippen molar-refractivity contribution in [1.29, 1.82) is 0 Å². The zero-order valence-corrected chi connectivity index (χ0v) is 49.7. The monoisotopic (exact) mass is 1050 g/mol. The third-order valence-corrected chi connectivity index (χ3v) is 13.5. The molecular formula is C70H118O6. The van der Waals surface area contributed by atoms with Crippen LogP contribution < -0.4 is 0 Å². The molecule has 0 aliphatic carbocycles. The molecule has 1 atom stereocenters. The zero-order valence-electron chi connectivity index (χ0n) is 49.7. The van der Waals surface area contributed by atoms with Gasteiger partial charge >= 0.3 is 17.9 Å². The third-order valence-electron chi connectivity index (χ3n) is 13.5. The molecule has 6 nitrogen and oxygen atoms in total. The Bertz CT molecular complexity index is 1540. The largest absolute Gasteiger partial charge is 0.462 e. The average molecular weight is 1060 g/mol. The van der Waals surface area contributed by atoms with Crippen molar-refractivity contribution in [2.45, 2.75) is 303 Å². The summed E-state index contributed by atoms with van der Waals surface area (Å²) in [6, 6.07) is 0. The molecule has 0 saturated heterocycles. The number of allylic oxidation sites excluding steroid dienone is 18. The molecule has 0 aliphatic heterocycles. The molecule has 434 valence electrons. The van der Waals surface area contributed by atoms with Gasteiger partial charge in [0.1, 0.15) is 13.2 Å². The maximum absolute atomic E-state index is 12.9. The summed E-state index contributed by atoms with van der Waals surface area (Å²) in [5.41, 5.74) is 0. The van der Waals surface area contributed by atoms with Crippen LogP contribution in [-0.4, -0.2) is 37.2 Å². The lowest BCUT2D eigenvalue weighted by molar-refractivity contribution is -0.167. The Morgan fingerprint density at radius 3 is 0.803 bits per heavy atom. The fourth-order valence-electron chi connectivity index (χ4n) is 8.77. The zero-order chi connectivity index (χ0) is 55.0. The first kappa shape index (κ1) is 72.1. The topological polar surface area (TPSA) is 78.9 Å². The lowest BCUT2D eigenvalue weighted by atomic mass is 10.1. The summed E-state index contributed by atoms with van der Waals surface area (Å²) in [4.78, 5) is 38.4. The van der Waals surface area contributed by atoms with Crippen molar-refractivity contribution in [3.63, 3.8) is 0 Å². The second-order valence-electron chi connectivity index (χ2n) is 20.9. The quantitative estimate of drug-likeness (QED) is 0.0261. The Morgan fingerprint density at radius 2 is 0.513 bits per heavy atom. The van der Waals surface area contributed by atoms with Crippen molar-refractivity contribution in [3.8, 4) is 0 Å². The molecule has 0 heterocycles. The maximum Gasteiger partial charge on any atom is 0.306 e. The predicted octanol–water partition coefficient (Wildman–Crippen LogP) is 21.8. The number of hydrogen-bond acceptors (Lipinski definition) is 6. The van der Waals surface area contributed by atoms with E-state index >= 15 is 0 Å². The highest BCUT2D eigenvalue weighted by molar-refractivity contribution is 5.71. The van der Waals surface area contributed by atoms with Crippen molar-refractivity contribution in [1.82, 2.24) is 0 Å². The fourth-order valence-corrected chi connectivity index (χ4v) is 8.77. The van der Waals surface area contributed by atoms with Crippen LogP contribution >= 0.6 is 0 Å². The highest BCUT2D eigenvalue weighted by atomic mass is 16.6. The summed E-state index contributed by atoms with van der Waals surface area (Å²) in [6.07, 6.45) is 86.5. The van der Waals surface area contributed by atoms with Crippen LogP contribution in [0.4, 0.5) is 0 Å². The van der Waals surface area contributed by atoms with E-state index in [9.17, 15) is 14.4 Å². The summed E-state index contributed by atoms with van der Waals surface area (Å²) < 4.78 is 16.9. The number of ether oxygens (including phenoxy) is 3. The SMILES string of the molecule is CC/C=C\C/C=C\C/C=C\C/C=C\CCCCCCCCCCCCC(=O)OCC(COC(=O)CCCCCCCCC/C=C\C/C=C\C/C=C\CC)OC(=O)CCCCCCCCC/C=C\C/C=C\CCCCCC. The summed E-state index contributed by atoms with van der Waals surface area (Å²) >= 11 is 0. The fraction of sp³-hybridized carbons (Fsp3) is 0.700. The van der Waals surface area contributed by atoms with Gasteiger partial charge < -0.3 is 14.2 Å². The van der Waals surface area contributed by atoms with E-state index in [-0.39, 0.29) is 31.1 Å². The third kappa shape index (κ3) is 60.9. The van der Waals surface area contributed by atoms with Gasteiger partial charge in [0.05, 0.1) is 0 Å². The smallest absolute Gasteiger partial charge is 0.306 e. The summed E-state index contributed by atoms with van der Waals surface area (Å²) in [5, 5.41) is 0. The normalized spacial score (nSPS) is 12.8. The second-order valence-corrected chi connectivity index (χ2v) is 20.9. The highest BCUT2D eigenvalue weighted by Gasteiger charge is 2.19. The molecule has 0 aromatic heterocycles. The minimum absolute atomic E-state index is 0.0872. The van der Waals surface area contributed by atoms with E-state index < -0.39 is 6.10 Å². The van der Waals surface area contributed by atoms with Crippen molar-refractivity contribution < 1.29 is 28.6 Å². The van der Waals surface area contributed by atoms with Crippen LogP contribution in [0.2, 0.25) is 0 Å². The van der Waals surface area contributed by atoms with Crippen LogP contribution in [0.3, 0.4) is 0 Å². The van der Waals surface area contributed by atoms with Crippen molar-refractivity contribution in [2.24, 2.45) is 0 Å². The molecule has 1 unspecified atom stereocenters. The van der Waals surface area contributed by atoms with Gasteiger partial charge in [-0.1, -0.05) is 265 Å². The van der Waals surface area contributed by atoms with E-state index in [0.717, 1.165) is 122 Å². The Morgan fingerprint density at radius 1 is 0.276 bits per heavy atom. The van der Waals surface area contributed by atoms with Crippen LogP contribution in [0.25, 0.3) is 0 Å². The van der Waals surface area contributed by atoms with E-state index in [1.54, 1.807) is 0 Å². The molecule has 0 amide bonds. The lowest BCUT2D eigenvalue weighted by Crippen LogP contribution is -2.30. The standard InChI is InChI=1S/C70H118O6/c1-4-7-10-13-16-19-22-25-28-31-33-34-35-36-37-40-42-45-48-51-54-57-60-63-69(72)75-66-67(65-74-68(71)62-59-56-53-50-47-44-41-38-30-27-24-21-18-15-12-9-6-3)76-70(73)64-61-58-55-52-49-46-43-39-32-29-26-23-20-17-14-11-8-5-2/h7,9-10,12,16,18-21,23,25,27-30,32-34,67H,4-6,8,11,13-15,17,22,24,26,31,35-66H2,1-3H3/b10-7-,12-9-,19-16-,21-18-,23-20-,28-25-,30-27-,32-29-,34-33-. The van der Waals surface area contributed by atoms with Crippen molar-refractivity contribution in [3.05, 3.63) is 109 Å². The Kier molecular flexibility index (Phi) is 60.3. The van der Waals surface area contributed by atoms with E-state index in [0.29, 0.717) is 19.3 Å². The van der Waals surface area contributed by atoms with Crippen LogP contribution in [-0.2, 0) is 28.6 Å². The van der Waals surface area contributed by atoms with Crippen LogP contribution in [0.1, 0.15) is 297 Å². The van der Waals surface area contributed by atoms with Gasteiger partial charge in [0, 0.05) is 19.3 Å². The molecule has 0 N–H and O–H groups in total. The summed E-state index contributed by atoms with van der Waals surface area (Å²) in [7, 11) is 0. The first-order chi connectivity index (χ1) is 37.5. The van der Waals surface area contributed by atoms with Crippen LogP contribution in [0.5, 0.6) is 0 Å². The van der Waals surface area contributed by atoms with Crippen molar-refractivity contribution in [2.75, 3.05) is 13.2 Å². The molecular weight excluding hydrogens is 937 g/mol. The van der Waals surface area contributed by atoms with E-state index in [4.69, 9.17) is 14.2 Å². The Balaban J connectivity index is 4.40. The van der Waals surface area contributed by atoms with Gasteiger partial charge in [-0.05, 0) is 122 Å². The number of carbonyl (C=O) groups is 3. The Hall–Kier alpha value is -3.93. The highest BCUT2D eigenvalue weighted by Crippen LogP contribution is 2.16. The van der Waals surface area contributed by atoms with Gasteiger partial charge in [-0.15, -0.1) is 0 Å². The number of carbonyl (C=O) groups excluding carboxylic acids is 3. The van der Waals surface area contributed by atoms with Gasteiger partial charge in [-0.3, -0.25) is 14.4 Å². The van der Waals surface area contributed by atoms with Gasteiger partial charge in [-0.25, -0.2) is 0 Å². The van der Waals surface area contributed by atoms with E-state index in [1.807, 2.05) is 0 Å². The predicted molar refractivity (Wildman–Crippen MR) is 330 cm³/mol. The number of hydrogen-bond donors (Lipinski definition) is 0. The molecule has 0 fully saturated rings. The molecule has 0 aromatic carbocycles. The van der Waals surface area contributed by atoms with Gasteiger partial charge in [0.25, 0.3) is 0 Å². The number of unbranched alkanes of at least 4 members (excludes halogenated alkanes) is 28. The lowest BCUT2D eigenvalue weighted by Gasteiger charge is -2.18. The first-order valence-electron chi connectivity index (χ1n) is 31.9. The molecule has 0 bridgehead atoms. The van der Waals surface area contributed by atoms with E-state index in [1.165, 1.54) is 135 Å². The molecule has 6 heteroatoms.